The Morgan fingerprint density at radius 1 is 1.27 bits per heavy atom. The summed E-state index contributed by atoms with van der Waals surface area (Å²) in [5.74, 6) is -1.01. The average Bonchev–Trinajstić information content (AvgIpc) is 3.00. The SMILES string of the molecule is CCOC(=O)C(C)C1C(c2ccc(C)cc2[N+](=O)[O-])=Cc2ccccc21. The molecule has 0 spiro atoms. The highest BCUT2D eigenvalue weighted by Gasteiger charge is 2.37. The molecular weight excluding hydrogens is 330 g/mol. The van der Waals surface area contributed by atoms with Gasteiger partial charge in [0.25, 0.3) is 5.69 Å². The Morgan fingerprint density at radius 3 is 2.69 bits per heavy atom. The fourth-order valence-electron chi connectivity index (χ4n) is 3.58. The number of rotatable bonds is 5. The molecule has 0 fully saturated rings. The zero-order chi connectivity index (χ0) is 18.8. The number of hydrogen-bond acceptors (Lipinski definition) is 4. The van der Waals surface area contributed by atoms with Crippen molar-refractivity contribution in [2.24, 2.45) is 5.92 Å². The standard InChI is InChI=1S/C21H21NO4/c1-4-26-21(23)14(3)20-16-8-6-5-7-15(16)12-18(20)17-10-9-13(2)11-19(17)22(24)25/h5-12,14,20H,4H2,1-3H3. The summed E-state index contributed by atoms with van der Waals surface area (Å²) >= 11 is 0. The minimum absolute atomic E-state index is 0.0603. The first-order valence-corrected chi connectivity index (χ1v) is 8.66. The first-order valence-electron chi connectivity index (χ1n) is 8.66. The van der Waals surface area contributed by atoms with Crippen molar-refractivity contribution in [3.8, 4) is 0 Å². The molecule has 0 saturated carbocycles. The molecule has 0 saturated heterocycles. The second kappa shape index (κ2) is 7.12. The zero-order valence-electron chi connectivity index (χ0n) is 15.1. The second-order valence-corrected chi connectivity index (χ2v) is 6.52. The quantitative estimate of drug-likeness (QED) is 0.443. The minimum atomic E-state index is -0.439. The van der Waals surface area contributed by atoms with Crippen molar-refractivity contribution < 1.29 is 14.5 Å². The van der Waals surface area contributed by atoms with E-state index >= 15 is 0 Å². The monoisotopic (exact) mass is 351 g/mol. The molecule has 3 rings (SSSR count). The van der Waals surface area contributed by atoms with E-state index in [9.17, 15) is 14.9 Å². The highest BCUT2D eigenvalue weighted by molar-refractivity contribution is 5.96. The van der Waals surface area contributed by atoms with Gasteiger partial charge in [0.15, 0.2) is 0 Å². The fraction of sp³-hybridized carbons (Fsp3) is 0.286. The van der Waals surface area contributed by atoms with E-state index in [0.717, 1.165) is 22.3 Å². The van der Waals surface area contributed by atoms with Crippen LogP contribution in [0.2, 0.25) is 0 Å². The Balaban J connectivity index is 2.14. The van der Waals surface area contributed by atoms with E-state index < -0.39 is 5.92 Å². The summed E-state index contributed by atoms with van der Waals surface area (Å²) in [4.78, 5) is 23.6. The Labute approximate surface area is 152 Å². The van der Waals surface area contributed by atoms with Crippen molar-refractivity contribution in [1.29, 1.82) is 0 Å². The molecule has 0 aromatic heterocycles. The van der Waals surface area contributed by atoms with E-state index in [1.165, 1.54) is 0 Å². The lowest BCUT2D eigenvalue weighted by Crippen LogP contribution is -2.22. The van der Waals surface area contributed by atoms with Gasteiger partial charge in [-0.2, -0.15) is 0 Å². The van der Waals surface area contributed by atoms with Gasteiger partial charge < -0.3 is 4.74 Å². The number of fused-ring (bicyclic) bond motifs is 1. The number of carbonyl (C=O) groups is 1. The number of esters is 1. The van der Waals surface area contributed by atoms with Crippen LogP contribution >= 0.6 is 0 Å². The van der Waals surface area contributed by atoms with Gasteiger partial charge >= 0.3 is 5.97 Å². The maximum Gasteiger partial charge on any atom is 0.309 e. The van der Waals surface area contributed by atoms with Crippen LogP contribution in [0.1, 0.15) is 42.0 Å². The summed E-state index contributed by atoms with van der Waals surface area (Å²) < 4.78 is 5.21. The number of benzene rings is 2. The number of ether oxygens (including phenoxy) is 1. The minimum Gasteiger partial charge on any atom is -0.466 e. The first-order chi connectivity index (χ1) is 12.4. The number of allylic oxidation sites excluding steroid dienone is 1. The molecular formula is C21H21NO4. The van der Waals surface area contributed by atoms with Crippen LogP contribution in [0.4, 0.5) is 5.69 Å². The van der Waals surface area contributed by atoms with Gasteiger partial charge in [-0.25, -0.2) is 0 Å². The van der Waals surface area contributed by atoms with Gasteiger partial charge in [-0.3, -0.25) is 14.9 Å². The lowest BCUT2D eigenvalue weighted by Gasteiger charge is -2.23. The normalized spacial score (nSPS) is 16.6. The third kappa shape index (κ3) is 3.12. The molecule has 2 aromatic carbocycles. The zero-order valence-corrected chi connectivity index (χ0v) is 15.1. The van der Waals surface area contributed by atoms with Crippen LogP contribution in [0.15, 0.2) is 42.5 Å². The van der Waals surface area contributed by atoms with E-state index in [2.05, 4.69) is 0 Å². The van der Waals surface area contributed by atoms with Crippen LogP contribution < -0.4 is 0 Å². The van der Waals surface area contributed by atoms with E-state index in [-0.39, 0.29) is 22.5 Å². The average molecular weight is 351 g/mol. The van der Waals surface area contributed by atoms with Gasteiger partial charge in [0.1, 0.15) is 0 Å². The summed E-state index contributed by atoms with van der Waals surface area (Å²) in [5.41, 5.74) is 4.21. The second-order valence-electron chi connectivity index (χ2n) is 6.52. The maximum atomic E-state index is 12.4. The number of carbonyl (C=O) groups excluding carboxylic acids is 1. The van der Waals surface area contributed by atoms with Crippen LogP contribution in [0.5, 0.6) is 0 Å². The van der Waals surface area contributed by atoms with Crippen LogP contribution in [0.25, 0.3) is 11.6 Å². The predicted octanol–water partition coefficient (Wildman–Crippen LogP) is 4.74. The molecule has 2 aromatic rings. The van der Waals surface area contributed by atoms with Gasteiger partial charge in [0, 0.05) is 12.0 Å². The summed E-state index contributed by atoms with van der Waals surface area (Å²) in [6.45, 7) is 5.72. The molecule has 0 N–H and O–H groups in total. The van der Waals surface area contributed by atoms with Crippen LogP contribution in [0.3, 0.4) is 0 Å². The lowest BCUT2D eigenvalue weighted by atomic mass is 9.81. The summed E-state index contributed by atoms with van der Waals surface area (Å²) in [6, 6.07) is 13.0. The van der Waals surface area contributed by atoms with Crippen LogP contribution in [0, 0.1) is 23.0 Å². The van der Waals surface area contributed by atoms with Gasteiger partial charge in [0.2, 0.25) is 0 Å². The van der Waals surface area contributed by atoms with Gasteiger partial charge in [0.05, 0.1) is 23.0 Å². The number of hydrogen-bond donors (Lipinski definition) is 0. The largest absolute Gasteiger partial charge is 0.466 e. The van der Waals surface area contributed by atoms with Crippen molar-refractivity contribution in [3.63, 3.8) is 0 Å². The van der Waals surface area contributed by atoms with Crippen molar-refractivity contribution in [2.75, 3.05) is 6.61 Å². The molecule has 2 atom stereocenters. The van der Waals surface area contributed by atoms with E-state index in [1.54, 1.807) is 19.1 Å². The Morgan fingerprint density at radius 2 is 2.00 bits per heavy atom. The van der Waals surface area contributed by atoms with Gasteiger partial charge in [-0.1, -0.05) is 37.3 Å². The summed E-state index contributed by atoms with van der Waals surface area (Å²) in [6.07, 6.45) is 1.95. The molecule has 5 heteroatoms. The molecule has 1 aliphatic rings. The molecule has 0 bridgehead atoms. The van der Waals surface area contributed by atoms with Crippen LogP contribution in [-0.4, -0.2) is 17.5 Å². The Bertz CT molecular complexity index is 901. The lowest BCUT2D eigenvalue weighted by molar-refractivity contribution is -0.385. The number of aryl methyl sites for hydroxylation is 1. The van der Waals surface area contributed by atoms with Crippen molar-refractivity contribution in [1.82, 2.24) is 0 Å². The molecule has 0 radical (unpaired) electrons. The Hall–Kier alpha value is -2.95. The van der Waals surface area contributed by atoms with Crippen LogP contribution in [-0.2, 0) is 9.53 Å². The third-order valence-corrected chi connectivity index (χ3v) is 4.80. The number of nitrogens with zero attached hydrogens (tertiary/aromatic N) is 1. The molecule has 0 amide bonds. The number of nitro benzene ring substituents is 1. The van der Waals surface area contributed by atoms with E-state index in [4.69, 9.17) is 4.74 Å². The Kier molecular flexibility index (Phi) is 4.89. The summed E-state index contributed by atoms with van der Waals surface area (Å²) in [5, 5.41) is 11.6. The van der Waals surface area contributed by atoms with E-state index in [1.807, 2.05) is 50.3 Å². The molecule has 2 unspecified atom stereocenters. The molecule has 0 heterocycles. The highest BCUT2D eigenvalue weighted by atomic mass is 16.6. The highest BCUT2D eigenvalue weighted by Crippen LogP contribution is 2.48. The smallest absolute Gasteiger partial charge is 0.309 e. The van der Waals surface area contributed by atoms with E-state index in [0.29, 0.717) is 12.2 Å². The van der Waals surface area contributed by atoms with Gasteiger partial charge in [-0.15, -0.1) is 0 Å². The molecule has 0 aliphatic heterocycles. The number of nitro groups is 1. The molecule has 134 valence electrons. The third-order valence-electron chi connectivity index (χ3n) is 4.80. The fourth-order valence-corrected chi connectivity index (χ4v) is 3.58. The molecule has 26 heavy (non-hydrogen) atoms. The molecule has 5 nitrogen and oxygen atoms in total. The summed E-state index contributed by atoms with van der Waals surface area (Å²) in [7, 11) is 0. The molecule has 1 aliphatic carbocycles. The first kappa shape index (κ1) is 17.9. The van der Waals surface area contributed by atoms with Crippen molar-refractivity contribution in [3.05, 3.63) is 74.8 Å². The van der Waals surface area contributed by atoms with Crippen molar-refractivity contribution in [2.45, 2.75) is 26.7 Å². The predicted molar refractivity (Wildman–Crippen MR) is 101 cm³/mol. The van der Waals surface area contributed by atoms with Gasteiger partial charge in [-0.05, 0) is 48.3 Å². The topological polar surface area (TPSA) is 69.4 Å². The maximum absolute atomic E-state index is 12.4. The van der Waals surface area contributed by atoms with Crippen molar-refractivity contribution >= 4 is 23.3 Å².